The summed E-state index contributed by atoms with van der Waals surface area (Å²) in [5, 5.41) is 5.22. The fraction of sp³-hybridized carbons (Fsp3) is 0.857. The summed E-state index contributed by atoms with van der Waals surface area (Å²) in [5.74, 6) is 0. The summed E-state index contributed by atoms with van der Waals surface area (Å²) >= 11 is 0. The van der Waals surface area contributed by atoms with Crippen molar-refractivity contribution in [3.05, 3.63) is 0 Å². The maximum Gasteiger partial charge on any atom is 0.315 e. The van der Waals surface area contributed by atoms with Crippen LogP contribution in [0.4, 0.5) is 4.79 Å². The molecule has 2 N–H and O–H groups in total. The first kappa shape index (κ1) is 9.28. The average Bonchev–Trinajstić information content (AvgIpc) is 2.16. The van der Waals surface area contributed by atoms with Crippen LogP contribution >= 0.6 is 0 Å². The molecule has 0 aromatic carbocycles. The smallest absolute Gasteiger partial charge is 0.315 e. The van der Waals surface area contributed by atoms with Gasteiger partial charge in [0.2, 0.25) is 0 Å². The number of morpholine rings is 1. The Hall–Kier alpha value is -0.810. The third kappa shape index (κ3) is 3.06. The third-order valence-electron chi connectivity index (χ3n) is 1.79. The SMILES string of the molecule is CNC(=O)NCN1CCOCC1. The molecular formula is C7H15N3O2. The number of urea groups is 1. The van der Waals surface area contributed by atoms with Crippen molar-refractivity contribution >= 4 is 6.03 Å². The van der Waals surface area contributed by atoms with Gasteiger partial charge >= 0.3 is 6.03 Å². The van der Waals surface area contributed by atoms with E-state index in [4.69, 9.17) is 4.74 Å². The van der Waals surface area contributed by atoms with Crippen LogP contribution in [0.3, 0.4) is 0 Å². The summed E-state index contributed by atoms with van der Waals surface area (Å²) in [6.45, 7) is 3.90. The van der Waals surface area contributed by atoms with Crippen LogP contribution in [0.25, 0.3) is 0 Å². The zero-order chi connectivity index (χ0) is 8.81. The molecule has 1 aliphatic rings. The molecule has 1 heterocycles. The Kier molecular flexibility index (Phi) is 3.83. The molecule has 0 bridgehead atoms. The summed E-state index contributed by atoms with van der Waals surface area (Å²) in [4.78, 5) is 12.9. The van der Waals surface area contributed by atoms with Gasteiger partial charge < -0.3 is 15.4 Å². The molecule has 0 saturated carbocycles. The highest BCUT2D eigenvalue weighted by molar-refractivity contribution is 5.73. The topological polar surface area (TPSA) is 53.6 Å². The average molecular weight is 173 g/mol. The van der Waals surface area contributed by atoms with Crippen LogP contribution in [0.2, 0.25) is 0 Å². The molecule has 1 fully saturated rings. The number of carbonyl (C=O) groups is 1. The van der Waals surface area contributed by atoms with E-state index in [1.165, 1.54) is 0 Å². The van der Waals surface area contributed by atoms with E-state index in [9.17, 15) is 4.79 Å². The molecule has 0 radical (unpaired) electrons. The van der Waals surface area contributed by atoms with Gasteiger partial charge in [-0.25, -0.2) is 4.79 Å². The zero-order valence-electron chi connectivity index (χ0n) is 7.30. The monoisotopic (exact) mass is 173 g/mol. The fourth-order valence-electron chi connectivity index (χ4n) is 1.03. The molecule has 5 heteroatoms. The van der Waals surface area contributed by atoms with E-state index < -0.39 is 0 Å². The van der Waals surface area contributed by atoms with E-state index >= 15 is 0 Å². The molecule has 0 spiro atoms. The minimum atomic E-state index is -0.138. The van der Waals surface area contributed by atoms with Gasteiger partial charge in [-0.15, -0.1) is 0 Å². The van der Waals surface area contributed by atoms with Crippen molar-refractivity contribution in [1.82, 2.24) is 15.5 Å². The Bertz CT molecular complexity index is 146. The van der Waals surface area contributed by atoms with Crippen molar-refractivity contribution < 1.29 is 9.53 Å². The zero-order valence-corrected chi connectivity index (χ0v) is 7.30. The number of ether oxygens (including phenoxy) is 1. The second kappa shape index (κ2) is 4.95. The molecule has 0 aliphatic carbocycles. The first-order chi connectivity index (χ1) is 5.83. The molecule has 0 aromatic heterocycles. The maximum atomic E-state index is 10.8. The molecule has 2 amide bonds. The quantitative estimate of drug-likeness (QED) is 0.575. The molecule has 5 nitrogen and oxygen atoms in total. The van der Waals surface area contributed by atoms with E-state index in [1.807, 2.05) is 0 Å². The molecular weight excluding hydrogens is 158 g/mol. The van der Waals surface area contributed by atoms with Gasteiger partial charge in [0.05, 0.1) is 19.9 Å². The van der Waals surface area contributed by atoms with Crippen molar-refractivity contribution in [1.29, 1.82) is 0 Å². The van der Waals surface area contributed by atoms with E-state index in [0.29, 0.717) is 6.67 Å². The molecule has 0 unspecified atom stereocenters. The van der Waals surface area contributed by atoms with Crippen molar-refractivity contribution in [3.63, 3.8) is 0 Å². The second-order valence-corrected chi connectivity index (χ2v) is 2.64. The van der Waals surface area contributed by atoms with E-state index in [-0.39, 0.29) is 6.03 Å². The van der Waals surface area contributed by atoms with Crippen molar-refractivity contribution in [2.75, 3.05) is 40.0 Å². The Morgan fingerprint density at radius 2 is 2.17 bits per heavy atom. The first-order valence-electron chi connectivity index (χ1n) is 4.08. The fourth-order valence-corrected chi connectivity index (χ4v) is 1.03. The molecule has 0 atom stereocenters. The van der Waals surface area contributed by atoms with Crippen molar-refractivity contribution in [3.8, 4) is 0 Å². The normalized spacial score (nSPS) is 18.8. The number of amides is 2. The van der Waals surface area contributed by atoms with Gasteiger partial charge in [-0.3, -0.25) is 4.90 Å². The van der Waals surface area contributed by atoms with Crippen LogP contribution in [0.5, 0.6) is 0 Å². The highest BCUT2D eigenvalue weighted by atomic mass is 16.5. The highest BCUT2D eigenvalue weighted by Gasteiger charge is 2.09. The minimum absolute atomic E-state index is 0.138. The number of hydrogen-bond donors (Lipinski definition) is 2. The maximum absolute atomic E-state index is 10.8. The van der Waals surface area contributed by atoms with Gasteiger partial charge in [0.25, 0.3) is 0 Å². The van der Waals surface area contributed by atoms with Gasteiger partial charge in [0.1, 0.15) is 0 Å². The molecule has 0 aromatic rings. The number of hydrogen-bond acceptors (Lipinski definition) is 3. The molecule has 70 valence electrons. The van der Waals surface area contributed by atoms with Crippen LogP contribution in [-0.4, -0.2) is 51.0 Å². The van der Waals surface area contributed by atoms with Crippen LogP contribution in [0.1, 0.15) is 0 Å². The van der Waals surface area contributed by atoms with Crippen LogP contribution < -0.4 is 10.6 Å². The lowest BCUT2D eigenvalue weighted by molar-refractivity contribution is 0.0356. The lowest BCUT2D eigenvalue weighted by Crippen LogP contribution is -2.45. The predicted molar refractivity (Wildman–Crippen MR) is 44.9 cm³/mol. The Morgan fingerprint density at radius 1 is 1.50 bits per heavy atom. The molecule has 1 saturated heterocycles. The van der Waals surface area contributed by atoms with Gasteiger partial charge in [-0.05, 0) is 0 Å². The lowest BCUT2D eigenvalue weighted by atomic mass is 10.4. The third-order valence-corrected chi connectivity index (χ3v) is 1.79. The van der Waals surface area contributed by atoms with E-state index in [2.05, 4.69) is 15.5 Å². The molecule has 1 aliphatic heterocycles. The Morgan fingerprint density at radius 3 is 2.75 bits per heavy atom. The van der Waals surface area contributed by atoms with Gasteiger partial charge in [0.15, 0.2) is 0 Å². The largest absolute Gasteiger partial charge is 0.379 e. The van der Waals surface area contributed by atoms with Crippen LogP contribution in [-0.2, 0) is 4.74 Å². The van der Waals surface area contributed by atoms with Crippen molar-refractivity contribution in [2.24, 2.45) is 0 Å². The number of nitrogens with zero attached hydrogens (tertiary/aromatic N) is 1. The summed E-state index contributed by atoms with van der Waals surface area (Å²) in [5.41, 5.74) is 0. The summed E-state index contributed by atoms with van der Waals surface area (Å²) in [7, 11) is 1.61. The Balaban J connectivity index is 2.09. The standard InChI is InChI=1S/C7H15N3O2/c1-8-7(11)9-6-10-2-4-12-5-3-10/h2-6H2,1H3,(H2,8,9,11). The Labute approximate surface area is 72.1 Å². The van der Waals surface area contributed by atoms with Crippen LogP contribution in [0.15, 0.2) is 0 Å². The van der Waals surface area contributed by atoms with Crippen molar-refractivity contribution in [2.45, 2.75) is 0 Å². The van der Waals surface area contributed by atoms with Gasteiger partial charge in [0, 0.05) is 20.1 Å². The van der Waals surface area contributed by atoms with Gasteiger partial charge in [-0.1, -0.05) is 0 Å². The second-order valence-electron chi connectivity index (χ2n) is 2.64. The summed E-state index contributed by atoms with van der Waals surface area (Å²) in [6, 6.07) is -0.138. The predicted octanol–water partition coefficient (Wildman–Crippen LogP) is -0.795. The van der Waals surface area contributed by atoms with E-state index in [0.717, 1.165) is 26.3 Å². The minimum Gasteiger partial charge on any atom is -0.379 e. The van der Waals surface area contributed by atoms with Gasteiger partial charge in [-0.2, -0.15) is 0 Å². The highest BCUT2D eigenvalue weighted by Crippen LogP contribution is 1.93. The molecule has 12 heavy (non-hydrogen) atoms. The number of rotatable bonds is 2. The summed E-state index contributed by atoms with van der Waals surface area (Å²) in [6.07, 6.45) is 0. The number of nitrogens with one attached hydrogen (secondary N) is 2. The number of carbonyl (C=O) groups excluding carboxylic acids is 1. The lowest BCUT2D eigenvalue weighted by Gasteiger charge is -2.26. The molecule has 1 rings (SSSR count). The summed E-state index contributed by atoms with van der Waals surface area (Å²) < 4.78 is 5.16. The van der Waals surface area contributed by atoms with E-state index in [1.54, 1.807) is 7.05 Å². The van der Waals surface area contributed by atoms with Crippen LogP contribution in [0, 0.1) is 0 Å². The first-order valence-corrected chi connectivity index (χ1v) is 4.08.